The van der Waals surface area contributed by atoms with E-state index in [0.717, 1.165) is 37.7 Å². The Morgan fingerprint density at radius 3 is 2.25 bits per heavy atom. The fourth-order valence-electron chi connectivity index (χ4n) is 4.85. The molecule has 2 rings (SSSR count). The topological polar surface area (TPSA) is 131 Å². The molecule has 2 aromatic rings. The van der Waals surface area contributed by atoms with Gasteiger partial charge in [0.25, 0.3) is 5.91 Å². The van der Waals surface area contributed by atoms with Crippen molar-refractivity contribution in [2.24, 2.45) is 5.73 Å². The predicted octanol–water partition coefficient (Wildman–Crippen LogP) is 6.00. The molecule has 0 aliphatic heterocycles. The number of aryl methyl sites for hydroxylation is 1. The average molecular weight is 605 g/mol. The Bertz CT molecular complexity index is 1310. The van der Waals surface area contributed by atoms with Crippen molar-refractivity contribution in [3.05, 3.63) is 65.2 Å². The molecule has 2 aromatic carbocycles. The molecule has 4 N–H and O–H groups in total. The number of carbonyl (C=O) groups is 4. The van der Waals surface area contributed by atoms with Gasteiger partial charge in [0.1, 0.15) is 17.7 Å². The van der Waals surface area contributed by atoms with Crippen LogP contribution < -0.4 is 16.4 Å². The summed E-state index contributed by atoms with van der Waals surface area (Å²) in [7, 11) is 0. The zero-order valence-electron chi connectivity index (χ0n) is 26.8. The fourth-order valence-corrected chi connectivity index (χ4v) is 4.85. The number of nitrogens with one attached hydrogen (secondary N) is 2. The van der Waals surface area contributed by atoms with Crippen molar-refractivity contribution in [1.82, 2.24) is 10.2 Å². The quantitative estimate of drug-likeness (QED) is 0.160. The van der Waals surface area contributed by atoms with Crippen molar-refractivity contribution in [3.63, 3.8) is 0 Å². The lowest BCUT2D eigenvalue weighted by Crippen LogP contribution is -2.53. The summed E-state index contributed by atoms with van der Waals surface area (Å²) in [5, 5.41) is 5.62. The van der Waals surface area contributed by atoms with Crippen molar-refractivity contribution in [3.8, 4) is 12.3 Å². The molecular weight excluding hydrogens is 556 g/mol. The second-order valence-corrected chi connectivity index (χ2v) is 11.9. The standard InChI is InChI=1S/C35H48N4O5/c1-7-9-10-11-12-17-24-39(33(42)29(22-23-30(36)40)38-34(43)44-35(4,5)6)31(27-20-15-14-19-26(27)8-2)32(41)37-28-21-16-13-18-25(28)3/h2,13-16,18-21,29,31H,7,9-12,17,22-24H2,1,3-6H3,(H2,36,40)(H,37,41)(H,38,43). The van der Waals surface area contributed by atoms with Gasteiger partial charge in [0.15, 0.2) is 0 Å². The predicted molar refractivity (Wildman–Crippen MR) is 174 cm³/mol. The summed E-state index contributed by atoms with van der Waals surface area (Å²) < 4.78 is 5.42. The van der Waals surface area contributed by atoms with Gasteiger partial charge in [-0.25, -0.2) is 4.79 Å². The van der Waals surface area contributed by atoms with Crippen molar-refractivity contribution in [2.75, 3.05) is 11.9 Å². The van der Waals surface area contributed by atoms with Crippen LogP contribution in [0, 0.1) is 19.3 Å². The molecule has 9 nitrogen and oxygen atoms in total. The van der Waals surface area contributed by atoms with Crippen LogP contribution in [0.5, 0.6) is 0 Å². The van der Waals surface area contributed by atoms with E-state index in [9.17, 15) is 19.2 Å². The smallest absolute Gasteiger partial charge is 0.408 e. The van der Waals surface area contributed by atoms with Crippen LogP contribution in [-0.4, -0.2) is 46.9 Å². The highest BCUT2D eigenvalue weighted by Gasteiger charge is 2.37. The lowest BCUT2D eigenvalue weighted by molar-refractivity contribution is -0.141. The Hall–Kier alpha value is -4.32. The monoisotopic (exact) mass is 604 g/mol. The molecule has 0 spiro atoms. The summed E-state index contributed by atoms with van der Waals surface area (Å²) in [4.78, 5) is 54.7. The van der Waals surface area contributed by atoms with Gasteiger partial charge in [0.2, 0.25) is 11.8 Å². The zero-order valence-corrected chi connectivity index (χ0v) is 26.8. The van der Waals surface area contributed by atoms with Crippen LogP contribution in [0.3, 0.4) is 0 Å². The third-order valence-electron chi connectivity index (χ3n) is 7.08. The van der Waals surface area contributed by atoms with E-state index in [2.05, 4.69) is 23.5 Å². The number of amides is 4. The molecule has 0 aliphatic carbocycles. The van der Waals surface area contributed by atoms with Crippen LogP contribution in [-0.2, 0) is 19.1 Å². The number of hydrogen-bond acceptors (Lipinski definition) is 5. The molecule has 0 saturated heterocycles. The molecule has 0 aliphatic rings. The second-order valence-electron chi connectivity index (χ2n) is 11.9. The van der Waals surface area contributed by atoms with Gasteiger partial charge < -0.3 is 26.0 Å². The fraction of sp³-hybridized carbons (Fsp3) is 0.486. The van der Waals surface area contributed by atoms with E-state index in [1.165, 1.54) is 4.90 Å². The minimum atomic E-state index is -1.18. The third-order valence-corrected chi connectivity index (χ3v) is 7.08. The summed E-state index contributed by atoms with van der Waals surface area (Å²) in [6, 6.07) is 12.0. The van der Waals surface area contributed by atoms with Crippen molar-refractivity contribution in [1.29, 1.82) is 0 Å². The number of nitrogens with zero attached hydrogens (tertiary/aromatic N) is 1. The highest BCUT2D eigenvalue weighted by atomic mass is 16.6. The van der Waals surface area contributed by atoms with Crippen LogP contribution in [0.25, 0.3) is 0 Å². The van der Waals surface area contributed by atoms with Gasteiger partial charge in [-0.05, 0) is 63.8 Å². The van der Waals surface area contributed by atoms with Gasteiger partial charge in [-0.3, -0.25) is 14.4 Å². The molecular formula is C35H48N4O5. The number of primary amides is 1. The first kappa shape index (κ1) is 35.9. The Labute approximate surface area is 262 Å². The number of anilines is 1. The van der Waals surface area contributed by atoms with E-state index in [1.54, 1.807) is 51.1 Å². The molecule has 4 amide bonds. The van der Waals surface area contributed by atoms with Crippen LogP contribution in [0.4, 0.5) is 10.5 Å². The van der Waals surface area contributed by atoms with E-state index in [1.807, 2.05) is 25.1 Å². The highest BCUT2D eigenvalue weighted by Crippen LogP contribution is 2.29. The molecule has 0 aromatic heterocycles. The number of carbonyl (C=O) groups excluding carboxylic acids is 4. The summed E-state index contributed by atoms with van der Waals surface area (Å²) in [6.07, 6.45) is 10.6. The van der Waals surface area contributed by atoms with E-state index in [4.69, 9.17) is 16.9 Å². The number of terminal acetylenes is 1. The molecule has 2 atom stereocenters. The molecule has 0 heterocycles. The van der Waals surface area contributed by atoms with E-state index in [-0.39, 0.29) is 19.4 Å². The highest BCUT2D eigenvalue weighted by molar-refractivity contribution is 5.99. The molecule has 238 valence electrons. The largest absolute Gasteiger partial charge is 0.444 e. The lowest BCUT2D eigenvalue weighted by atomic mass is 9.96. The Kier molecular flexibility index (Phi) is 14.4. The number of nitrogens with two attached hydrogens (primary N) is 1. The average Bonchev–Trinajstić information content (AvgIpc) is 2.96. The van der Waals surface area contributed by atoms with Gasteiger partial charge >= 0.3 is 6.09 Å². The minimum Gasteiger partial charge on any atom is -0.444 e. The number of hydrogen-bond donors (Lipinski definition) is 3. The van der Waals surface area contributed by atoms with Gasteiger partial charge in [0, 0.05) is 24.2 Å². The number of ether oxygens (including phenoxy) is 1. The Morgan fingerprint density at radius 1 is 0.977 bits per heavy atom. The molecule has 2 unspecified atom stereocenters. The first-order valence-corrected chi connectivity index (χ1v) is 15.4. The third kappa shape index (κ3) is 11.8. The summed E-state index contributed by atoms with van der Waals surface area (Å²) in [5.41, 5.74) is 7.01. The van der Waals surface area contributed by atoms with Crippen LogP contribution >= 0.6 is 0 Å². The SMILES string of the molecule is C#Cc1ccccc1C(C(=O)Nc1ccccc1C)N(CCCCCCCC)C(=O)C(CCC(N)=O)NC(=O)OC(C)(C)C. The normalized spacial score (nSPS) is 12.4. The van der Waals surface area contributed by atoms with Gasteiger partial charge in [-0.2, -0.15) is 0 Å². The molecule has 0 fully saturated rings. The molecule has 44 heavy (non-hydrogen) atoms. The van der Waals surface area contributed by atoms with Gasteiger partial charge in [-0.1, -0.05) is 81.3 Å². The maximum atomic E-state index is 14.4. The van der Waals surface area contributed by atoms with Crippen LogP contribution in [0.2, 0.25) is 0 Å². The first-order chi connectivity index (χ1) is 20.9. The molecule has 0 saturated carbocycles. The zero-order chi connectivity index (χ0) is 32.7. The second kappa shape index (κ2) is 17.7. The Balaban J connectivity index is 2.59. The molecule has 9 heteroatoms. The number of alkyl carbamates (subject to hydrolysis) is 1. The van der Waals surface area contributed by atoms with Crippen molar-refractivity contribution < 1.29 is 23.9 Å². The summed E-state index contributed by atoms with van der Waals surface area (Å²) in [5.74, 6) is 1.04. The summed E-state index contributed by atoms with van der Waals surface area (Å²) in [6.45, 7) is 9.37. The van der Waals surface area contributed by atoms with Gasteiger partial charge in [0.05, 0.1) is 0 Å². The first-order valence-electron chi connectivity index (χ1n) is 15.4. The van der Waals surface area contributed by atoms with E-state index < -0.39 is 41.5 Å². The van der Waals surface area contributed by atoms with E-state index in [0.29, 0.717) is 23.2 Å². The van der Waals surface area contributed by atoms with Crippen molar-refractivity contribution >= 4 is 29.5 Å². The maximum Gasteiger partial charge on any atom is 0.408 e. The van der Waals surface area contributed by atoms with Crippen LogP contribution in [0.1, 0.15) is 102 Å². The summed E-state index contributed by atoms with van der Waals surface area (Å²) >= 11 is 0. The Morgan fingerprint density at radius 2 is 1.61 bits per heavy atom. The molecule has 0 radical (unpaired) electrons. The van der Waals surface area contributed by atoms with Crippen molar-refractivity contribution in [2.45, 2.75) is 104 Å². The molecule has 0 bridgehead atoms. The van der Waals surface area contributed by atoms with Gasteiger partial charge in [-0.15, -0.1) is 6.42 Å². The lowest BCUT2D eigenvalue weighted by Gasteiger charge is -2.35. The number of benzene rings is 2. The maximum absolute atomic E-state index is 14.4. The number of unbranched alkanes of at least 4 members (excludes halogenated alkanes) is 5. The number of para-hydroxylation sites is 1. The number of rotatable bonds is 16. The minimum absolute atomic E-state index is 0.0661. The van der Waals surface area contributed by atoms with Crippen LogP contribution in [0.15, 0.2) is 48.5 Å². The van der Waals surface area contributed by atoms with E-state index >= 15 is 0 Å².